The van der Waals surface area contributed by atoms with Crippen molar-refractivity contribution in [3.63, 3.8) is 0 Å². The molecule has 20 heavy (non-hydrogen) atoms. The monoisotopic (exact) mass is 299 g/mol. The van der Waals surface area contributed by atoms with Crippen LogP contribution in [0.25, 0.3) is 0 Å². The van der Waals surface area contributed by atoms with Crippen LogP contribution in [0.3, 0.4) is 0 Å². The van der Waals surface area contributed by atoms with Crippen LogP contribution in [0.15, 0.2) is 23.4 Å². The quantitative estimate of drug-likeness (QED) is 0.794. The van der Waals surface area contributed by atoms with Gasteiger partial charge < -0.3 is 10.1 Å². The zero-order valence-electron chi connectivity index (χ0n) is 11.8. The Balaban J connectivity index is 2.09. The summed E-state index contributed by atoms with van der Waals surface area (Å²) in [5.41, 5.74) is 0.546. The fourth-order valence-electron chi connectivity index (χ4n) is 2.13. The number of hydrogen-bond acceptors (Lipinski definition) is 5. The van der Waals surface area contributed by atoms with Crippen molar-refractivity contribution in [3.05, 3.63) is 18.3 Å². The van der Waals surface area contributed by atoms with Crippen LogP contribution in [-0.4, -0.2) is 39.2 Å². The fourth-order valence-corrected chi connectivity index (χ4v) is 3.50. The molecule has 0 radical (unpaired) electrons. The van der Waals surface area contributed by atoms with Crippen molar-refractivity contribution in [3.8, 4) is 0 Å². The summed E-state index contributed by atoms with van der Waals surface area (Å²) >= 11 is 0. The third-order valence-corrected chi connectivity index (χ3v) is 4.82. The molecule has 0 aromatic carbocycles. The number of hydrogen-bond donors (Lipinski definition) is 2. The summed E-state index contributed by atoms with van der Waals surface area (Å²) in [4.78, 5) is 4.01. The molecule has 0 unspecified atom stereocenters. The molecule has 1 saturated carbocycles. The molecule has 7 heteroatoms. The van der Waals surface area contributed by atoms with Gasteiger partial charge in [-0.1, -0.05) is 6.92 Å². The predicted molar refractivity (Wildman–Crippen MR) is 77.2 cm³/mol. The van der Waals surface area contributed by atoms with E-state index < -0.39 is 10.0 Å². The van der Waals surface area contributed by atoms with Crippen molar-refractivity contribution in [2.75, 3.05) is 19.0 Å². The number of sulfonamides is 1. The first-order valence-electron chi connectivity index (χ1n) is 6.81. The minimum Gasteiger partial charge on any atom is -0.383 e. The molecular formula is C13H21N3O3S. The zero-order valence-corrected chi connectivity index (χ0v) is 12.6. The minimum absolute atomic E-state index is 0.0639. The second-order valence-corrected chi connectivity index (χ2v) is 6.56. The lowest BCUT2D eigenvalue weighted by atomic mass is 9.90. The van der Waals surface area contributed by atoms with E-state index in [1.165, 1.54) is 6.20 Å². The number of rotatable bonds is 7. The number of pyridine rings is 1. The van der Waals surface area contributed by atoms with E-state index in [1.807, 2.05) is 6.92 Å². The number of nitrogens with zero attached hydrogens (tertiary/aromatic N) is 1. The molecular weight excluding hydrogens is 278 g/mol. The summed E-state index contributed by atoms with van der Waals surface area (Å²) in [5, 5.41) is 3.16. The van der Waals surface area contributed by atoms with Crippen molar-refractivity contribution < 1.29 is 13.2 Å². The van der Waals surface area contributed by atoms with Gasteiger partial charge in [-0.15, -0.1) is 0 Å². The topological polar surface area (TPSA) is 80.3 Å². The highest BCUT2D eigenvalue weighted by Gasteiger charge is 2.33. The van der Waals surface area contributed by atoms with Gasteiger partial charge in [0.25, 0.3) is 10.0 Å². The normalized spacial score (nSPS) is 22.3. The Labute approximate surface area is 120 Å². The first-order valence-corrected chi connectivity index (χ1v) is 8.29. The summed E-state index contributed by atoms with van der Waals surface area (Å²) < 4.78 is 32.6. The minimum atomic E-state index is -3.59. The van der Waals surface area contributed by atoms with E-state index in [1.54, 1.807) is 19.2 Å². The van der Waals surface area contributed by atoms with Crippen molar-refractivity contribution in [2.24, 2.45) is 0 Å². The van der Waals surface area contributed by atoms with Gasteiger partial charge in [0, 0.05) is 25.9 Å². The number of aromatic nitrogens is 1. The highest BCUT2D eigenvalue weighted by atomic mass is 32.2. The molecule has 0 aliphatic heterocycles. The first-order chi connectivity index (χ1) is 9.56. The van der Waals surface area contributed by atoms with E-state index in [4.69, 9.17) is 4.74 Å². The molecule has 1 aliphatic rings. The third kappa shape index (κ3) is 3.47. The van der Waals surface area contributed by atoms with Crippen LogP contribution in [0.1, 0.15) is 26.2 Å². The Morgan fingerprint density at radius 3 is 2.85 bits per heavy atom. The van der Waals surface area contributed by atoms with Gasteiger partial charge in [0.1, 0.15) is 0 Å². The average molecular weight is 299 g/mol. The molecule has 0 saturated heterocycles. The number of nitrogens with one attached hydrogen (secondary N) is 2. The van der Waals surface area contributed by atoms with Crippen LogP contribution in [-0.2, 0) is 14.8 Å². The van der Waals surface area contributed by atoms with Gasteiger partial charge in [0.05, 0.1) is 11.8 Å². The van der Waals surface area contributed by atoms with Crippen LogP contribution in [0, 0.1) is 0 Å². The number of ether oxygens (including phenoxy) is 1. The van der Waals surface area contributed by atoms with Crippen molar-refractivity contribution >= 4 is 15.7 Å². The van der Waals surface area contributed by atoms with E-state index in [0.717, 1.165) is 6.42 Å². The van der Waals surface area contributed by atoms with E-state index in [-0.39, 0.29) is 17.2 Å². The molecule has 0 amide bonds. The van der Waals surface area contributed by atoms with Crippen molar-refractivity contribution in [2.45, 2.75) is 43.4 Å². The second-order valence-electron chi connectivity index (χ2n) is 4.93. The molecule has 0 atom stereocenters. The van der Waals surface area contributed by atoms with Crippen LogP contribution in [0.2, 0.25) is 0 Å². The number of anilines is 1. The van der Waals surface area contributed by atoms with Gasteiger partial charge in [0.2, 0.25) is 0 Å². The van der Waals surface area contributed by atoms with Gasteiger partial charge in [-0.3, -0.25) is 0 Å². The summed E-state index contributed by atoms with van der Waals surface area (Å²) in [6, 6.07) is 3.39. The van der Waals surface area contributed by atoms with Crippen LogP contribution in [0.4, 0.5) is 5.69 Å². The Morgan fingerprint density at radius 1 is 1.45 bits per heavy atom. The van der Waals surface area contributed by atoms with Crippen LogP contribution >= 0.6 is 0 Å². The second kappa shape index (κ2) is 6.51. The maximum absolute atomic E-state index is 12.4. The first kappa shape index (κ1) is 15.2. The molecule has 1 aromatic heterocycles. The molecule has 0 spiro atoms. The smallest absolute Gasteiger partial charge is 0.260 e. The maximum Gasteiger partial charge on any atom is 0.260 e. The highest BCUT2D eigenvalue weighted by Crippen LogP contribution is 2.25. The lowest BCUT2D eigenvalue weighted by Crippen LogP contribution is -2.47. The average Bonchev–Trinajstić information content (AvgIpc) is 2.40. The molecule has 1 heterocycles. The molecule has 1 aromatic rings. The van der Waals surface area contributed by atoms with E-state index in [9.17, 15) is 8.42 Å². The Bertz CT molecular complexity index is 542. The largest absolute Gasteiger partial charge is 0.383 e. The Hall–Kier alpha value is -1.18. The standard InChI is InChI=1S/C13H21N3O3S/c1-3-6-14-12-5-4-7-15-13(12)20(17,18)16-10-8-11(9-10)19-2/h4-5,7,10-11,14,16H,3,6,8-9H2,1-2H3. The molecule has 0 bridgehead atoms. The summed E-state index contributed by atoms with van der Waals surface area (Å²) in [6.07, 6.45) is 3.98. The maximum atomic E-state index is 12.4. The van der Waals surface area contributed by atoms with Gasteiger partial charge in [-0.05, 0) is 31.4 Å². The molecule has 2 N–H and O–H groups in total. The van der Waals surface area contributed by atoms with Crippen molar-refractivity contribution in [1.82, 2.24) is 9.71 Å². The summed E-state index contributed by atoms with van der Waals surface area (Å²) in [6.45, 7) is 2.73. The van der Waals surface area contributed by atoms with E-state index >= 15 is 0 Å². The Kier molecular flexibility index (Phi) is 4.95. The van der Waals surface area contributed by atoms with Crippen molar-refractivity contribution in [1.29, 1.82) is 0 Å². The van der Waals surface area contributed by atoms with Crippen LogP contribution < -0.4 is 10.0 Å². The van der Waals surface area contributed by atoms with Gasteiger partial charge in [-0.2, -0.15) is 0 Å². The lowest BCUT2D eigenvalue weighted by molar-refractivity contribution is 0.0236. The fraction of sp³-hybridized carbons (Fsp3) is 0.615. The van der Waals surface area contributed by atoms with E-state index in [0.29, 0.717) is 25.1 Å². The van der Waals surface area contributed by atoms with Gasteiger partial charge in [-0.25, -0.2) is 18.1 Å². The molecule has 2 rings (SSSR count). The van der Waals surface area contributed by atoms with Gasteiger partial charge in [0.15, 0.2) is 5.03 Å². The third-order valence-electron chi connectivity index (χ3n) is 3.34. The predicted octanol–water partition coefficient (Wildman–Crippen LogP) is 1.36. The lowest BCUT2D eigenvalue weighted by Gasteiger charge is -2.34. The van der Waals surface area contributed by atoms with E-state index in [2.05, 4.69) is 15.0 Å². The zero-order chi connectivity index (χ0) is 14.6. The Morgan fingerprint density at radius 2 is 2.20 bits per heavy atom. The van der Waals surface area contributed by atoms with Gasteiger partial charge >= 0.3 is 0 Å². The SMILES string of the molecule is CCCNc1cccnc1S(=O)(=O)NC1CC(OC)C1. The summed E-state index contributed by atoms with van der Waals surface area (Å²) in [7, 11) is -1.95. The number of methoxy groups -OCH3 is 1. The molecule has 6 nitrogen and oxygen atoms in total. The molecule has 1 aliphatic carbocycles. The molecule has 112 valence electrons. The molecule has 1 fully saturated rings. The van der Waals surface area contributed by atoms with Crippen LogP contribution in [0.5, 0.6) is 0 Å². The summed E-state index contributed by atoms with van der Waals surface area (Å²) in [5.74, 6) is 0. The highest BCUT2D eigenvalue weighted by molar-refractivity contribution is 7.89.